The maximum atomic E-state index is 5.12. The summed E-state index contributed by atoms with van der Waals surface area (Å²) in [7, 11) is 1.66. The van der Waals surface area contributed by atoms with Gasteiger partial charge in [0.05, 0.1) is 12.8 Å². The van der Waals surface area contributed by atoms with Crippen molar-refractivity contribution in [1.29, 1.82) is 0 Å². The quantitative estimate of drug-likeness (QED) is 0.555. The van der Waals surface area contributed by atoms with Crippen LogP contribution in [0.4, 0.5) is 0 Å². The number of methoxy groups -OCH3 is 1. The molecular formula is C13H17NO. The lowest BCUT2D eigenvalue weighted by Gasteiger charge is -2.01. The minimum absolute atomic E-state index is 0.843. The predicted molar refractivity (Wildman–Crippen MR) is 63.5 cm³/mol. The van der Waals surface area contributed by atoms with E-state index in [0.717, 1.165) is 17.1 Å². The number of pyridine rings is 1. The molecule has 0 fully saturated rings. The zero-order valence-electron chi connectivity index (χ0n) is 9.74. The molecule has 2 heteroatoms. The summed E-state index contributed by atoms with van der Waals surface area (Å²) in [5.74, 6) is 0.843. The van der Waals surface area contributed by atoms with E-state index in [1.54, 1.807) is 7.11 Å². The molecule has 0 saturated carbocycles. The van der Waals surface area contributed by atoms with Crippen LogP contribution in [0.3, 0.4) is 0 Å². The Kier molecular flexibility index (Phi) is 4.10. The van der Waals surface area contributed by atoms with E-state index >= 15 is 0 Å². The summed E-state index contributed by atoms with van der Waals surface area (Å²) in [6.45, 7) is 6.01. The monoisotopic (exact) mass is 203 g/mol. The van der Waals surface area contributed by atoms with Gasteiger partial charge in [0, 0.05) is 5.69 Å². The average Bonchev–Trinajstić information content (AvgIpc) is 2.24. The molecular weight excluding hydrogens is 186 g/mol. The number of hydrogen-bond acceptors (Lipinski definition) is 2. The summed E-state index contributed by atoms with van der Waals surface area (Å²) < 4.78 is 5.12. The van der Waals surface area contributed by atoms with E-state index in [-0.39, 0.29) is 0 Å². The molecule has 0 N–H and O–H groups in total. The van der Waals surface area contributed by atoms with Crippen LogP contribution in [0.1, 0.15) is 23.9 Å². The van der Waals surface area contributed by atoms with Gasteiger partial charge in [-0.25, -0.2) is 0 Å². The van der Waals surface area contributed by atoms with Gasteiger partial charge >= 0.3 is 0 Å². The third kappa shape index (κ3) is 3.24. The van der Waals surface area contributed by atoms with E-state index in [1.807, 2.05) is 38.1 Å². The Morgan fingerprint density at radius 1 is 1.33 bits per heavy atom. The molecule has 1 heterocycles. The van der Waals surface area contributed by atoms with Crippen LogP contribution in [0.15, 0.2) is 30.0 Å². The smallest absolute Gasteiger partial charge is 0.114 e. The number of hydrogen-bond donors (Lipinski definition) is 0. The normalized spacial score (nSPS) is 12.1. The first kappa shape index (κ1) is 11.5. The zero-order chi connectivity index (χ0) is 11.3. The fourth-order valence-electron chi connectivity index (χ4n) is 1.19. The maximum Gasteiger partial charge on any atom is 0.114 e. The van der Waals surface area contributed by atoms with Crippen molar-refractivity contribution in [3.63, 3.8) is 0 Å². The molecule has 80 valence electrons. The summed E-state index contributed by atoms with van der Waals surface area (Å²) in [5.41, 5.74) is 3.23. The van der Waals surface area contributed by atoms with Crippen molar-refractivity contribution in [3.8, 4) is 0 Å². The number of ether oxygens (including phenoxy) is 1. The fourth-order valence-corrected chi connectivity index (χ4v) is 1.19. The summed E-state index contributed by atoms with van der Waals surface area (Å²) in [6.07, 6.45) is 5.78. The Morgan fingerprint density at radius 2 is 2.07 bits per heavy atom. The van der Waals surface area contributed by atoms with Crippen LogP contribution in [0.2, 0.25) is 0 Å². The van der Waals surface area contributed by atoms with Crippen molar-refractivity contribution in [2.45, 2.75) is 20.8 Å². The number of aromatic nitrogens is 1. The Bertz CT molecular complexity index is 392. The van der Waals surface area contributed by atoms with Crippen LogP contribution < -0.4 is 0 Å². The highest BCUT2D eigenvalue weighted by atomic mass is 16.5. The first-order valence-corrected chi connectivity index (χ1v) is 5.00. The van der Waals surface area contributed by atoms with Crippen molar-refractivity contribution in [2.75, 3.05) is 7.11 Å². The Hall–Kier alpha value is -1.57. The summed E-state index contributed by atoms with van der Waals surface area (Å²) in [4.78, 5) is 4.44. The van der Waals surface area contributed by atoms with Gasteiger partial charge < -0.3 is 4.74 Å². The number of allylic oxidation sites excluding steroid dienone is 2. The van der Waals surface area contributed by atoms with Crippen molar-refractivity contribution in [3.05, 3.63) is 47.0 Å². The molecule has 0 saturated heterocycles. The zero-order valence-corrected chi connectivity index (χ0v) is 9.74. The first-order valence-electron chi connectivity index (χ1n) is 5.00. The highest BCUT2D eigenvalue weighted by molar-refractivity contribution is 5.48. The molecule has 0 amide bonds. The summed E-state index contributed by atoms with van der Waals surface area (Å²) in [5, 5.41) is 0. The third-order valence-electron chi connectivity index (χ3n) is 2.31. The molecule has 0 aliphatic heterocycles. The number of nitrogens with zero attached hydrogens (tertiary/aromatic N) is 1. The van der Waals surface area contributed by atoms with E-state index < -0.39 is 0 Å². The van der Waals surface area contributed by atoms with Gasteiger partial charge in [-0.1, -0.05) is 6.07 Å². The van der Waals surface area contributed by atoms with Crippen LogP contribution in [0, 0.1) is 13.8 Å². The topological polar surface area (TPSA) is 22.1 Å². The van der Waals surface area contributed by atoms with Gasteiger partial charge in [0.15, 0.2) is 0 Å². The molecule has 0 radical (unpaired) electrons. The predicted octanol–water partition coefficient (Wildman–Crippen LogP) is 3.26. The van der Waals surface area contributed by atoms with Crippen LogP contribution >= 0.6 is 0 Å². The van der Waals surface area contributed by atoms with Crippen LogP contribution in [0.25, 0.3) is 6.08 Å². The van der Waals surface area contributed by atoms with Crippen molar-refractivity contribution < 1.29 is 4.74 Å². The maximum absolute atomic E-state index is 5.12. The van der Waals surface area contributed by atoms with Gasteiger partial charge in [0.2, 0.25) is 0 Å². The second kappa shape index (κ2) is 5.35. The number of aryl methyl sites for hydroxylation is 2. The van der Waals surface area contributed by atoms with Crippen molar-refractivity contribution in [1.82, 2.24) is 4.98 Å². The highest BCUT2D eigenvalue weighted by Gasteiger charge is 1.94. The van der Waals surface area contributed by atoms with E-state index in [9.17, 15) is 0 Å². The molecule has 0 spiro atoms. The summed E-state index contributed by atoms with van der Waals surface area (Å²) >= 11 is 0. The summed E-state index contributed by atoms with van der Waals surface area (Å²) in [6, 6.07) is 4.08. The van der Waals surface area contributed by atoms with Gasteiger partial charge in [-0.2, -0.15) is 0 Å². The van der Waals surface area contributed by atoms with Gasteiger partial charge in [-0.15, -0.1) is 0 Å². The van der Waals surface area contributed by atoms with Gasteiger partial charge in [-0.05, 0) is 50.6 Å². The lowest BCUT2D eigenvalue weighted by atomic mass is 10.2. The standard InChI is InChI=1S/C13H17NO/c1-5-13(15-4)9-8-12-7-6-10(2)11(3)14-12/h5-9H,1-4H3/b9-8-,13-5+. The molecule has 0 aliphatic rings. The van der Waals surface area contributed by atoms with Gasteiger partial charge in [0.1, 0.15) is 5.76 Å². The molecule has 0 aromatic carbocycles. The average molecular weight is 203 g/mol. The second-order valence-corrected chi connectivity index (χ2v) is 3.37. The molecule has 1 aromatic rings. The molecule has 0 aliphatic carbocycles. The molecule has 0 unspecified atom stereocenters. The largest absolute Gasteiger partial charge is 0.497 e. The van der Waals surface area contributed by atoms with Crippen molar-refractivity contribution >= 4 is 6.08 Å². The highest BCUT2D eigenvalue weighted by Crippen LogP contribution is 2.08. The molecule has 1 rings (SSSR count). The molecule has 0 atom stereocenters. The minimum atomic E-state index is 0.843. The third-order valence-corrected chi connectivity index (χ3v) is 2.31. The first-order chi connectivity index (χ1) is 7.17. The lowest BCUT2D eigenvalue weighted by Crippen LogP contribution is -1.89. The number of rotatable bonds is 3. The second-order valence-electron chi connectivity index (χ2n) is 3.37. The van der Waals surface area contributed by atoms with E-state index in [4.69, 9.17) is 4.74 Å². The van der Waals surface area contributed by atoms with Crippen LogP contribution in [-0.2, 0) is 4.74 Å². The van der Waals surface area contributed by atoms with Crippen LogP contribution in [0.5, 0.6) is 0 Å². The Balaban J connectivity index is 2.85. The molecule has 2 nitrogen and oxygen atoms in total. The molecule has 0 bridgehead atoms. The van der Waals surface area contributed by atoms with Gasteiger partial charge in [-0.3, -0.25) is 4.98 Å². The van der Waals surface area contributed by atoms with E-state index in [1.165, 1.54) is 5.56 Å². The molecule has 15 heavy (non-hydrogen) atoms. The minimum Gasteiger partial charge on any atom is -0.497 e. The molecule has 1 aromatic heterocycles. The van der Waals surface area contributed by atoms with E-state index in [0.29, 0.717) is 0 Å². The van der Waals surface area contributed by atoms with Crippen molar-refractivity contribution in [2.24, 2.45) is 0 Å². The Morgan fingerprint density at radius 3 is 2.60 bits per heavy atom. The fraction of sp³-hybridized carbons (Fsp3) is 0.308. The SMILES string of the molecule is C/C=C(\C=C/c1ccc(C)c(C)n1)OC. The van der Waals surface area contributed by atoms with Crippen LogP contribution in [-0.4, -0.2) is 12.1 Å². The van der Waals surface area contributed by atoms with E-state index in [2.05, 4.69) is 18.0 Å². The Labute approximate surface area is 91.3 Å². The lowest BCUT2D eigenvalue weighted by molar-refractivity contribution is 0.306. The van der Waals surface area contributed by atoms with Gasteiger partial charge in [0.25, 0.3) is 0 Å².